The molecule has 2 saturated heterocycles. The van der Waals surface area contributed by atoms with Gasteiger partial charge in [-0.15, -0.1) is 0 Å². The van der Waals surface area contributed by atoms with Crippen molar-refractivity contribution in [1.82, 2.24) is 20.3 Å². The first-order chi connectivity index (χ1) is 18.4. The molecule has 2 aromatic heterocycles. The van der Waals surface area contributed by atoms with E-state index in [0.717, 1.165) is 6.92 Å². The van der Waals surface area contributed by atoms with E-state index in [1.54, 1.807) is 19.9 Å². The molecule has 2 aromatic rings. The highest BCUT2D eigenvalue weighted by Crippen LogP contribution is 2.39. The number of pyridine rings is 1. The minimum absolute atomic E-state index is 0.0173. The van der Waals surface area contributed by atoms with Gasteiger partial charge in [-0.2, -0.15) is 18.2 Å². The highest BCUT2D eigenvalue weighted by atomic mass is 19.4. The lowest BCUT2D eigenvalue weighted by Crippen LogP contribution is -2.49. The van der Waals surface area contributed by atoms with Crippen LogP contribution in [0.5, 0.6) is 5.88 Å². The van der Waals surface area contributed by atoms with Crippen LogP contribution >= 0.6 is 0 Å². The van der Waals surface area contributed by atoms with Crippen molar-refractivity contribution in [2.24, 2.45) is 0 Å². The molecule has 0 saturated carbocycles. The molecule has 5 heterocycles. The second-order valence-corrected chi connectivity index (χ2v) is 9.94. The van der Waals surface area contributed by atoms with Crippen molar-refractivity contribution in [1.29, 1.82) is 0 Å². The lowest BCUT2D eigenvalue weighted by molar-refractivity contribution is -0.149. The summed E-state index contributed by atoms with van der Waals surface area (Å²) in [4.78, 5) is 41.9. The van der Waals surface area contributed by atoms with Gasteiger partial charge >= 0.3 is 12.2 Å². The average Bonchev–Trinajstić information content (AvgIpc) is 3.45. The number of halogens is 3. The summed E-state index contributed by atoms with van der Waals surface area (Å²) in [6.07, 6.45) is -2.81. The summed E-state index contributed by atoms with van der Waals surface area (Å²) < 4.78 is 55.7. The summed E-state index contributed by atoms with van der Waals surface area (Å²) in [6.45, 7) is 6.21. The normalized spacial score (nSPS) is 22.3. The summed E-state index contributed by atoms with van der Waals surface area (Å²) in [5, 5.41) is 4.54. The number of urea groups is 1. The molecule has 3 aliphatic heterocycles. The van der Waals surface area contributed by atoms with Crippen molar-refractivity contribution in [3.8, 4) is 5.88 Å². The fraction of sp³-hybridized carbons (Fsp3) is 0.542. The number of carbonyl (C=O) groups excluding carboxylic acids is 2. The topological polar surface area (TPSA) is 131 Å². The predicted molar refractivity (Wildman–Crippen MR) is 132 cm³/mol. The molecule has 2 N–H and O–H groups in total. The lowest BCUT2D eigenvalue weighted by atomic mass is 10.1. The van der Waals surface area contributed by atoms with Crippen LogP contribution in [0.2, 0.25) is 0 Å². The number of ether oxygens (including phenoxy) is 3. The van der Waals surface area contributed by atoms with E-state index in [2.05, 4.69) is 20.3 Å². The van der Waals surface area contributed by atoms with Gasteiger partial charge in [-0.3, -0.25) is 15.0 Å². The van der Waals surface area contributed by atoms with E-state index < -0.39 is 29.9 Å². The second kappa shape index (κ2) is 10.1. The van der Waals surface area contributed by atoms with Gasteiger partial charge in [0.15, 0.2) is 11.6 Å². The monoisotopic (exact) mass is 551 g/mol. The molecule has 0 spiro atoms. The molecule has 39 heavy (non-hydrogen) atoms. The van der Waals surface area contributed by atoms with Gasteiger partial charge in [0.05, 0.1) is 18.3 Å². The molecule has 15 heteroatoms. The maximum absolute atomic E-state index is 13.4. The van der Waals surface area contributed by atoms with E-state index in [-0.39, 0.29) is 42.1 Å². The van der Waals surface area contributed by atoms with E-state index in [9.17, 15) is 22.8 Å². The third kappa shape index (κ3) is 5.83. The zero-order valence-electron chi connectivity index (χ0n) is 21.5. The number of nitrogens with zero attached hydrogens (tertiary/aromatic N) is 5. The van der Waals surface area contributed by atoms with Crippen LogP contribution < -0.4 is 25.2 Å². The minimum Gasteiger partial charge on any atom is -0.475 e. The molecular weight excluding hydrogens is 523 g/mol. The molecule has 12 nitrogen and oxygen atoms in total. The van der Waals surface area contributed by atoms with Crippen LogP contribution in [0.3, 0.4) is 0 Å². The fourth-order valence-electron chi connectivity index (χ4n) is 4.61. The number of carbonyl (C=O) groups is 2. The van der Waals surface area contributed by atoms with Gasteiger partial charge in [0.25, 0.3) is 5.91 Å². The first-order valence-electron chi connectivity index (χ1n) is 12.4. The van der Waals surface area contributed by atoms with Gasteiger partial charge < -0.3 is 24.4 Å². The van der Waals surface area contributed by atoms with Crippen LogP contribution in [0, 0.1) is 0 Å². The Morgan fingerprint density at radius 1 is 1.26 bits per heavy atom. The molecule has 2 fully saturated rings. The largest absolute Gasteiger partial charge is 0.475 e. The Balaban J connectivity index is 1.31. The van der Waals surface area contributed by atoms with E-state index in [1.165, 1.54) is 23.2 Å². The van der Waals surface area contributed by atoms with Crippen LogP contribution in [-0.2, 0) is 9.47 Å². The van der Waals surface area contributed by atoms with Crippen molar-refractivity contribution in [2.45, 2.75) is 57.3 Å². The summed E-state index contributed by atoms with van der Waals surface area (Å²) in [6, 6.07) is 1.54. The van der Waals surface area contributed by atoms with Crippen molar-refractivity contribution in [3.05, 3.63) is 30.1 Å². The molecule has 0 aliphatic carbocycles. The van der Waals surface area contributed by atoms with Gasteiger partial charge in [0, 0.05) is 25.4 Å². The van der Waals surface area contributed by atoms with Gasteiger partial charge in [-0.25, -0.2) is 14.8 Å². The highest BCUT2D eigenvalue weighted by molar-refractivity contribution is 6.04. The van der Waals surface area contributed by atoms with E-state index in [1.807, 2.05) is 10.2 Å². The third-order valence-corrected chi connectivity index (χ3v) is 6.58. The number of hydrogen-bond donors (Lipinski definition) is 2. The SMILES string of the molecule is CC(NC(=O)c1ccc2c(n1)N(C(=O)Nc1nccc(OC[C@@H]3COC(C)(C)O3)n1)[C@H]1CCN2C1)C(F)(F)F. The summed E-state index contributed by atoms with van der Waals surface area (Å²) in [5.41, 5.74) is 0.358. The summed E-state index contributed by atoms with van der Waals surface area (Å²) >= 11 is 0. The Morgan fingerprint density at radius 3 is 2.77 bits per heavy atom. The number of nitrogens with one attached hydrogen (secondary N) is 2. The molecule has 5 rings (SSSR count). The number of aromatic nitrogens is 3. The molecule has 3 aliphatic rings. The van der Waals surface area contributed by atoms with E-state index in [0.29, 0.717) is 31.8 Å². The molecule has 0 radical (unpaired) electrons. The number of hydrogen-bond acceptors (Lipinski definition) is 9. The fourth-order valence-corrected chi connectivity index (χ4v) is 4.61. The van der Waals surface area contributed by atoms with Crippen LogP contribution in [0.4, 0.5) is 35.4 Å². The smallest absolute Gasteiger partial charge is 0.408 e. The van der Waals surface area contributed by atoms with Gasteiger partial charge in [-0.1, -0.05) is 0 Å². The first-order valence-corrected chi connectivity index (χ1v) is 12.4. The van der Waals surface area contributed by atoms with Gasteiger partial charge in [0.2, 0.25) is 11.8 Å². The summed E-state index contributed by atoms with van der Waals surface area (Å²) in [7, 11) is 0. The molecule has 0 aromatic carbocycles. The zero-order valence-corrected chi connectivity index (χ0v) is 21.5. The Hall–Kier alpha value is -3.72. The maximum atomic E-state index is 13.4. The van der Waals surface area contributed by atoms with E-state index in [4.69, 9.17) is 14.2 Å². The number of anilines is 3. The average molecular weight is 552 g/mol. The third-order valence-electron chi connectivity index (χ3n) is 6.58. The summed E-state index contributed by atoms with van der Waals surface area (Å²) in [5.74, 6) is -1.32. The van der Waals surface area contributed by atoms with Crippen LogP contribution in [0.1, 0.15) is 37.7 Å². The Kier molecular flexibility index (Phi) is 6.97. The first kappa shape index (κ1) is 26.9. The van der Waals surface area contributed by atoms with Gasteiger partial charge in [-0.05, 0) is 39.3 Å². The number of amides is 3. The predicted octanol–water partition coefficient (Wildman–Crippen LogP) is 2.71. The molecule has 2 bridgehead atoms. The highest BCUT2D eigenvalue weighted by Gasteiger charge is 2.42. The van der Waals surface area contributed by atoms with E-state index >= 15 is 0 Å². The standard InChI is InChI=1S/C24H28F3N7O5/c1-13(24(25,26)27)29-20(35)16-4-5-17-19(30-16)34(14-7-9-33(17)10-14)22(36)32-21-28-8-6-18(31-21)37-11-15-12-38-23(2,3)39-15/h4-6,8,13-15H,7,9-12H2,1-3H3,(H,29,35)(H,28,31,32,36)/t13?,14-,15+/m0/s1. The van der Waals surface area contributed by atoms with Crippen LogP contribution in [0.25, 0.3) is 0 Å². The maximum Gasteiger partial charge on any atom is 0.408 e. The number of rotatable bonds is 6. The van der Waals surface area contributed by atoms with Crippen LogP contribution in [0.15, 0.2) is 24.4 Å². The van der Waals surface area contributed by atoms with Crippen molar-refractivity contribution in [3.63, 3.8) is 0 Å². The van der Waals surface area contributed by atoms with Crippen molar-refractivity contribution >= 4 is 29.4 Å². The Morgan fingerprint density at radius 2 is 2.05 bits per heavy atom. The number of alkyl halides is 3. The lowest BCUT2D eigenvalue weighted by Gasteiger charge is -2.35. The molecule has 210 valence electrons. The zero-order chi connectivity index (χ0) is 27.9. The molecular formula is C24H28F3N7O5. The molecule has 3 amide bonds. The quantitative estimate of drug-likeness (QED) is 0.556. The number of fused-ring (bicyclic) bond motifs is 4. The van der Waals surface area contributed by atoms with Crippen LogP contribution in [-0.4, -0.2) is 83.3 Å². The van der Waals surface area contributed by atoms with Crippen molar-refractivity contribution in [2.75, 3.05) is 41.4 Å². The second-order valence-electron chi connectivity index (χ2n) is 9.94. The molecule has 1 unspecified atom stereocenters. The van der Waals surface area contributed by atoms with Gasteiger partial charge in [0.1, 0.15) is 24.4 Å². The Bertz CT molecular complexity index is 1260. The minimum atomic E-state index is -4.60. The molecule has 3 atom stereocenters. The van der Waals surface area contributed by atoms with Crippen molar-refractivity contribution < 1.29 is 37.0 Å². The Labute approximate surface area is 221 Å².